The van der Waals surface area contributed by atoms with E-state index in [1.54, 1.807) is 0 Å². The van der Waals surface area contributed by atoms with Crippen LogP contribution in [0.3, 0.4) is 0 Å². The van der Waals surface area contributed by atoms with Gasteiger partial charge in [0.05, 0.1) is 25.9 Å². The summed E-state index contributed by atoms with van der Waals surface area (Å²) in [6.07, 6.45) is 0. The predicted octanol–water partition coefficient (Wildman–Crippen LogP) is 0.752. The minimum Gasteiger partial charge on any atom is -0.395 e. The Morgan fingerprint density at radius 2 is 1.78 bits per heavy atom. The molecule has 0 saturated carbocycles. The largest absolute Gasteiger partial charge is 0.395 e. The average molecular weight is 332 g/mol. The maximum absolute atomic E-state index is 10.8. The molecule has 0 heterocycles. The molecule has 6 nitrogen and oxygen atoms in total. The van der Waals surface area contributed by atoms with Gasteiger partial charge in [-0.1, -0.05) is 34.6 Å². The Bertz CT molecular complexity index is 328. The third-order valence-electron chi connectivity index (χ3n) is 3.23. The van der Waals surface area contributed by atoms with E-state index in [1.165, 1.54) is 6.92 Å². The molecular weight excluding hydrogens is 294 g/mol. The first kappa shape index (κ1) is 22.3. The van der Waals surface area contributed by atoms with E-state index in [4.69, 9.17) is 4.74 Å². The van der Waals surface area contributed by atoms with Gasteiger partial charge in [-0.15, -0.1) is 0 Å². The van der Waals surface area contributed by atoms with Gasteiger partial charge in [-0.25, -0.2) is 0 Å². The van der Waals surface area contributed by atoms with Gasteiger partial charge < -0.3 is 25.8 Å². The summed E-state index contributed by atoms with van der Waals surface area (Å²) in [6.45, 7) is 16.5. The molecule has 0 spiro atoms. The van der Waals surface area contributed by atoms with Crippen molar-refractivity contribution >= 4 is 5.91 Å². The summed E-state index contributed by atoms with van der Waals surface area (Å²) in [7, 11) is 0. The van der Waals surface area contributed by atoms with Crippen molar-refractivity contribution in [2.45, 2.75) is 47.6 Å². The monoisotopic (exact) mass is 331 g/mol. The fourth-order valence-corrected chi connectivity index (χ4v) is 1.91. The predicted molar refractivity (Wildman–Crippen MR) is 94.5 cm³/mol. The van der Waals surface area contributed by atoms with E-state index in [-0.39, 0.29) is 29.4 Å². The van der Waals surface area contributed by atoms with E-state index in [9.17, 15) is 9.90 Å². The number of aliphatic hydroxyl groups is 1. The number of amides is 1. The van der Waals surface area contributed by atoms with E-state index >= 15 is 0 Å². The van der Waals surface area contributed by atoms with Crippen LogP contribution >= 0.6 is 0 Å². The molecular formula is C17H37N3O3. The molecule has 6 heteroatoms. The number of hydrogen-bond donors (Lipinski definition) is 4. The number of carbonyl (C=O) groups is 1. The SMILES string of the molecule is CC(=O)NCCNCC(C)(C)COCC(CO)NCC(C)(C)C. The first-order valence-corrected chi connectivity index (χ1v) is 8.43. The van der Waals surface area contributed by atoms with Crippen LogP contribution < -0.4 is 16.0 Å². The van der Waals surface area contributed by atoms with Gasteiger partial charge in [0.2, 0.25) is 5.91 Å². The Balaban J connectivity index is 3.86. The molecule has 4 N–H and O–H groups in total. The van der Waals surface area contributed by atoms with E-state index < -0.39 is 0 Å². The van der Waals surface area contributed by atoms with Crippen molar-refractivity contribution in [2.24, 2.45) is 10.8 Å². The van der Waals surface area contributed by atoms with Gasteiger partial charge >= 0.3 is 0 Å². The number of aliphatic hydroxyl groups excluding tert-OH is 1. The molecule has 0 saturated heterocycles. The Morgan fingerprint density at radius 1 is 1.13 bits per heavy atom. The molecule has 0 aromatic carbocycles. The number of ether oxygens (including phenoxy) is 1. The Kier molecular flexibility index (Phi) is 10.6. The van der Waals surface area contributed by atoms with Crippen LogP contribution in [0.15, 0.2) is 0 Å². The van der Waals surface area contributed by atoms with E-state index in [0.29, 0.717) is 19.8 Å². The molecule has 0 radical (unpaired) electrons. The highest BCUT2D eigenvalue weighted by Gasteiger charge is 2.19. The summed E-state index contributed by atoms with van der Waals surface area (Å²) in [4.78, 5) is 10.8. The number of nitrogens with one attached hydrogen (secondary N) is 3. The minimum absolute atomic E-state index is 0.000254. The van der Waals surface area contributed by atoms with Gasteiger partial charge in [0.1, 0.15) is 0 Å². The van der Waals surface area contributed by atoms with Crippen LogP contribution in [-0.4, -0.2) is 63.1 Å². The third-order valence-corrected chi connectivity index (χ3v) is 3.23. The standard InChI is InChI=1S/C17H37N3O3/c1-14(22)19-8-7-18-12-17(5,6)13-23-10-15(9-21)20-11-16(2,3)4/h15,18,20-21H,7-13H2,1-6H3,(H,19,22). The Labute approximate surface area is 141 Å². The van der Waals surface area contributed by atoms with Crippen LogP contribution in [0, 0.1) is 10.8 Å². The molecule has 1 amide bonds. The lowest BCUT2D eigenvalue weighted by atomic mass is 9.95. The van der Waals surface area contributed by atoms with Gasteiger partial charge in [0.25, 0.3) is 0 Å². The molecule has 0 aliphatic carbocycles. The van der Waals surface area contributed by atoms with Crippen molar-refractivity contribution in [2.75, 3.05) is 46.0 Å². The van der Waals surface area contributed by atoms with Crippen molar-refractivity contribution in [3.05, 3.63) is 0 Å². The van der Waals surface area contributed by atoms with Gasteiger partial charge in [0.15, 0.2) is 0 Å². The zero-order chi connectivity index (χ0) is 17.9. The van der Waals surface area contributed by atoms with Crippen LogP contribution in [0.1, 0.15) is 41.5 Å². The highest BCUT2D eigenvalue weighted by molar-refractivity contribution is 5.72. The quantitative estimate of drug-likeness (QED) is 0.397. The zero-order valence-corrected chi connectivity index (χ0v) is 15.8. The molecule has 1 unspecified atom stereocenters. The molecule has 23 heavy (non-hydrogen) atoms. The van der Waals surface area contributed by atoms with Crippen LogP contribution in [0.25, 0.3) is 0 Å². The second-order valence-corrected chi connectivity index (χ2v) is 8.16. The smallest absolute Gasteiger partial charge is 0.216 e. The molecule has 1 atom stereocenters. The lowest BCUT2D eigenvalue weighted by Gasteiger charge is -2.27. The zero-order valence-electron chi connectivity index (χ0n) is 15.8. The molecule has 0 aromatic rings. The number of rotatable bonds is 12. The summed E-state index contributed by atoms with van der Waals surface area (Å²) >= 11 is 0. The molecule has 0 rings (SSSR count). The van der Waals surface area contributed by atoms with Gasteiger partial charge in [0, 0.05) is 38.5 Å². The van der Waals surface area contributed by atoms with Gasteiger partial charge in [-0.3, -0.25) is 4.79 Å². The fraction of sp³-hybridized carbons (Fsp3) is 0.941. The third kappa shape index (κ3) is 14.6. The summed E-state index contributed by atoms with van der Waals surface area (Å²) in [6, 6.07) is -0.0299. The maximum atomic E-state index is 10.8. The van der Waals surface area contributed by atoms with Crippen LogP contribution in [0.4, 0.5) is 0 Å². The van der Waals surface area contributed by atoms with E-state index in [2.05, 4.69) is 50.6 Å². The number of carbonyl (C=O) groups excluding carboxylic acids is 1. The van der Waals surface area contributed by atoms with E-state index in [0.717, 1.165) is 19.6 Å². The lowest BCUT2D eigenvalue weighted by Crippen LogP contribution is -2.42. The van der Waals surface area contributed by atoms with E-state index in [1.807, 2.05) is 0 Å². The highest BCUT2D eigenvalue weighted by Crippen LogP contribution is 2.14. The highest BCUT2D eigenvalue weighted by atomic mass is 16.5. The first-order chi connectivity index (χ1) is 10.6. The van der Waals surface area contributed by atoms with Crippen LogP contribution in [0.2, 0.25) is 0 Å². The van der Waals surface area contributed by atoms with Gasteiger partial charge in [-0.05, 0) is 5.41 Å². The molecule has 138 valence electrons. The molecule has 0 aromatic heterocycles. The lowest BCUT2D eigenvalue weighted by molar-refractivity contribution is -0.118. The molecule has 0 fully saturated rings. The summed E-state index contributed by atoms with van der Waals surface area (Å²) < 4.78 is 5.78. The summed E-state index contributed by atoms with van der Waals surface area (Å²) in [5, 5.41) is 18.8. The van der Waals surface area contributed by atoms with Gasteiger partial charge in [-0.2, -0.15) is 0 Å². The maximum Gasteiger partial charge on any atom is 0.216 e. The average Bonchev–Trinajstić information content (AvgIpc) is 2.40. The second kappa shape index (κ2) is 11.0. The van der Waals surface area contributed by atoms with Crippen molar-refractivity contribution in [1.82, 2.24) is 16.0 Å². The fourth-order valence-electron chi connectivity index (χ4n) is 1.91. The van der Waals surface area contributed by atoms with Crippen LogP contribution in [-0.2, 0) is 9.53 Å². The molecule has 0 aliphatic rings. The Morgan fingerprint density at radius 3 is 2.30 bits per heavy atom. The normalized spacial score (nSPS) is 13.9. The van der Waals surface area contributed by atoms with Crippen molar-refractivity contribution in [3.63, 3.8) is 0 Å². The minimum atomic E-state index is -0.0299. The topological polar surface area (TPSA) is 82.6 Å². The second-order valence-electron chi connectivity index (χ2n) is 8.16. The first-order valence-electron chi connectivity index (χ1n) is 8.43. The summed E-state index contributed by atoms with van der Waals surface area (Å²) in [5.41, 5.74) is 0.185. The number of hydrogen-bond acceptors (Lipinski definition) is 5. The van der Waals surface area contributed by atoms with Crippen LogP contribution in [0.5, 0.6) is 0 Å². The van der Waals surface area contributed by atoms with Crippen molar-refractivity contribution in [3.8, 4) is 0 Å². The van der Waals surface area contributed by atoms with Crippen molar-refractivity contribution in [1.29, 1.82) is 0 Å². The van der Waals surface area contributed by atoms with Crippen molar-refractivity contribution < 1.29 is 14.6 Å². The molecule has 0 bridgehead atoms. The molecule has 0 aliphatic heterocycles. The Hall–Kier alpha value is -0.690. The summed E-state index contributed by atoms with van der Waals surface area (Å²) in [5.74, 6) is -0.00723.